The van der Waals surface area contributed by atoms with Crippen LogP contribution in [0.3, 0.4) is 0 Å². The number of halogens is 1. The molecule has 11 heavy (non-hydrogen) atoms. The lowest BCUT2D eigenvalue weighted by Gasteiger charge is -1.93. The van der Waals surface area contributed by atoms with Crippen molar-refractivity contribution in [3.05, 3.63) is 28.0 Å². The van der Waals surface area contributed by atoms with E-state index in [1.165, 1.54) is 14.5 Å². The van der Waals surface area contributed by atoms with Gasteiger partial charge >= 0.3 is 0 Å². The van der Waals surface area contributed by atoms with Gasteiger partial charge in [0.2, 0.25) is 0 Å². The van der Waals surface area contributed by atoms with Crippen LogP contribution in [-0.2, 0) is 7.05 Å². The zero-order chi connectivity index (χ0) is 7.84. The predicted molar refractivity (Wildman–Crippen MR) is 53.4 cm³/mol. The van der Waals surface area contributed by atoms with Gasteiger partial charge in [0.15, 0.2) is 0 Å². The van der Waals surface area contributed by atoms with Crippen LogP contribution in [0.4, 0.5) is 0 Å². The van der Waals surface area contributed by atoms with E-state index in [9.17, 15) is 0 Å². The third-order valence-electron chi connectivity index (χ3n) is 1.74. The second kappa shape index (κ2) is 2.48. The number of hydrogen-bond donors (Lipinski definition) is 0. The summed E-state index contributed by atoms with van der Waals surface area (Å²) in [7, 11) is 1.96. The fourth-order valence-corrected chi connectivity index (χ4v) is 1.77. The van der Waals surface area contributed by atoms with Crippen LogP contribution in [0, 0.1) is 3.57 Å². The van der Waals surface area contributed by atoms with E-state index in [-0.39, 0.29) is 0 Å². The van der Waals surface area contributed by atoms with Gasteiger partial charge < -0.3 is 0 Å². The molecule has 0 aliphatic heterocycles. The lowest BCUT2D eigenvalue weighted by molar-refractivity contribution is 0.797. The van der Waals surface area contributed by atoms with Gasteiger partial charge in [-0.25, -0.2) is 0 Å². The number of fused-ring (bicyclic) bond motifs is 1. The van der Waals surface area contributed by atoms with Gasteiger partial charge in [-0.2, -0.15) is 5.10 Å². The second-order valence-corrected chi connectivity index (χ2v) is 3.60. The summed E-state index contributed by atoms with van der Waals surface area (Å²) in [6, 6.07) is 6.21. The molecule has 0 atom stereocenters. The molecule has 0 unspecified atom stereocenters. The molecule has 2 rings (SSSR count). The molecule has 1 heterocycles. The Balaban J connectivity index is 2.94. The van der Waals surface area contributed by atoms with Gasteiger partial charge in [-0.3, -0.25) is 4.68 Å². The van der Waals surface area contributed by atoms with Gasteiger partial charge in [0.25, 0.3) is 0 Å². The standard InChI is InChI=1S/C8H7IN2/c1-11-8-4-2-3-7(9)6(8)5-10-11/h2-5H,1H3. The highest BCUT2D eigenvalue weighted by Gasteiger charge is 2.00. The molecule has 3 heteroatoms. The minimum Gasteiger partial charge on any atom is -0.268 e. The average Bonchev–Trinajstić information content (AvgIpc) is 2.35. The molecular weight excluding hydrogens is 251 g/mol. The number of aromatic nitrogens is 2. The summed E-state index contributed by atoms with van der Waals surface area (Å²) in [5, 5.41) is 5.40. The highest BCUT2D eigenvalue weighted by atomic mass is 127. The summed E-state index contributed by atoms with van der Waals surface area (Å²) < 4.78 is 3.14. The van der Waals surface area contributed by atoms with Crippen LogP contribution in [0.1, 0.15) is 0 Å². The number of rotatable bonds is 0. The monoisotopic (exact) mass is 258 g/mol. The molecule has 2 aromatic rings. The van der Waals surface area contributed by atoms with Crippen LogP contribution in [0.5, 0.6) is 0 Å². The lowest BCUT2D eigenvalue weighted by Crippen LogP contribution is -1.87. The van der Waals surface area contributed by atoms with Crippen molar-refractivity contribution >= 4 is 33.5 Å². The molecule has 0 saturated carbocycles. The second-order valence-electron chi connectivity index (χ2n) is 2.44. The third kappa shape index (κ3) is 1.03. The first-order valence-corrected chi connectivity index (χ1v) is 4.43. The topological polar surface area (TPSA) is 17.8 Å². The molecule has 0 spiro atoms. The third-order valence-corrected chi connectivity index (χ3v) is 2.68. The highest BCUT2D eigenvalue weighted by molar-refractivity contribution is 14.1. The van der Waals surface area contributed by atoms with Crippen molar-refractivity contribution in [1.82, 2.24) is 9.78 Å². The Bertz CT molecular complexity index is 392. The molecule has 0 bridgehead atoms. The molecule has 1 aromatic heterocycles. The summed E-state index contributed by atoms with van der Waals surface area (Å²) in [5.74, 6) is 0. The van der Waals surface area contributed by atoms with E-state index in [1.54, 1.807) is 0 Å². The van der Waals surface area contributed by atoms with Crippen LogP contribution in [0.25, 0.3) is 10.9 Å². The molecule has 0 radical (unpaired) electrons. The van der Waals surface area contributed by atoms with Gasteiger partial charge in [-0.05, 0) is 34.7 Å². The van der Waals surface area contributed by atoms with Crippen molar-refractivity contribution in [3.63, 3.8) is 0 Å². The van der Waals surface area contributed by atoms with E-state index in [0.717, 1.165) is 0 Å². The van der Waals surface area contributed by atoms with E-state index in [0.29, 0.717) is 0 Å². The molecule has 2 nitrogen and oxygen atoms in total. The quantitative estimate of drug-likeness (QED) is 0.662. The Morgan fingerprint density at radius 2 is 2.27 bits per heavy atom. The van der Waals surface area contributed by atoms with Crippen molar-refractivity contribution < 1.29 is 0 Å². The fourth-order valence-electron chi connectivity index (χ4n) is 1.14. The average molecular weight is 258 g/mol. The molecule has 1 aromatic carbocycles. The minimum absolute atomic E-state index is 1.19. The predicted octanol–water partition coefficient (Wildman–Crippen LogP) is 2.18. The Hall–Kier alpha value is -0.580. The van der Waals surface area contributed by atoms with E-state index < -0.39 is 0 Å². The molecule has 0 saturated heterocycles. The van der Waals surface area contributed by atoms with Crippen molar-refractivity contribution in [2.75, 3.05) is 0 Å². The van der Waals surface area contributed by atoms with E-state index in [1.807, 2.05) is 24.0 Å². The molecule has 0 fully saturated rings. The number of benzene rings is 1. The minimum atomic E-state index is 1.19. The van der Waals surface area contributed by atoms with E-state index in [2.05, 4.69) is 39.8 Å². The molecule has 0 aliphatic carbocycles. The number of nitrogens with zero attached hydrogens (tertiary/aromatic N) is 2. The van der Waals surface area contributed by atoms with Crippen LogP contribution in [0.15, 0.2) is 24.4 Å². The first-order valence-electron chi connectivity index (χ1n) is 3.35. The molecule has 0 aliphatic rings. The first-order chi connectivity index (χ1) is 5.29. The maximum atomic E-state index is 4.17. The summed E-state index contributed by atoms with van der Waals surface area (Å²) in [5.41, 5.74) is 1.19. The van der Waals surface area contributed by atoms with E-state index >= 15 is 0 Å². The normalized spacial score (nSPS) is 10.7. The Labute approximate surface area is 78.3 Å². The van der Waals surface area contributed by atoms with Crippen molar-refractivity contribution in [3.8, 4) is 0 Å². The highest BCUT2D eigenvalue weighted by Crippen LogP contribution is 2.18. The molecule has 0 amide bonds. The van der Waals surface area contributed by atoms with Crippen molar-refractivity contribution in [1.29, 1.82) is 0 Å². The first kappa shape index (κ1) is 7.09. The molecule has 56 valence electrons. The zero-order valence-corrected chi connectivity index (χ0v) is 8.24. The largest absolute Gasteiger partial charge is 0.268 e. The van der Waals surface area contributed by atoms with Gasteiger partial charge in [0.1, 0.15) is 0 Å². The van der Waals surface area contributed by atoms with E-state index in [4.69, 9.17) is 0 Å². The van der Waals surface area contributed by atoms with Crippen molar-refractivity contribution in [2.24, 2.45) is 7.05 Å². The van der Waals surface area contributed by atoms with Crippen LogP contribution in [-0.4, -0.2) is 9.78 Å². The van der Waals surface area contributed by atoms with Crippen LogP contribution >= 0.6 is 22.6 Å². The Kier molecular flexibility index (Phi) is 1.60. The lowest BCUT2D eigenvalue weighted by atomic mass is 10.3. The van der Waals surface area contributed by atoms with Gasteiger partial charge in [0.05, 0.1) is 11.7 Å². The Morgan fingerprint density at radius 1 is 1.45 bits per heavy atom. The maximum Gasteiger partial charge on any atom is 0.0689 e. The smallest absolute Gasteiger partial charge is 0.0689 e. The maximum absolute atomic E-state index is 4.17. The summed E-state index contributed by atoms with van der Waals surface area (Å²) in [6.45, 7) is 0. The van der Waals surface area contributed by atoms with Gasteiger partial charge in [0, 0.05) is 16.0 Å². The molecular formula is C8H7IN2. The SMILES string of the molecule is Cn1ncc2c(I)cccc21. The summed E-state index contributed by atoms with van der Waals surface area (Å²) in [6.07, 6.45) is 1.90. The fraction of sp³-hybridized carbons (Fsp3) is 0.125. The Morgan fingerprint density at radius 3 is 3.00 bits per heavy atom. The van der Waals surface area contributed by atoms with Gasteiger partial charge in [-0.1, -0.05) is 6.07 Å². The molecule has 0 N–H and O–H groups in total. The van der Waals surface area contributed by atoms with Crippen molar-refractivity contribution in [2.45, 2.75) is 0 Å². The number of aryl methyl sites for hydroxylation is 1. The summed E-state index contributed by atoms with van der Waals surface area (Å²) in [4.78, 5) is 0. The van der Waals surface area contributed by atoms with Crippen LogP contribution < -0.4 is 0 Å². The summed E-state index contributed by atoms with van der Waals surface area (Å²) >= 11 is 2.32. The number of hydrogen-bond acceptors (Lipinski definition) is 1. The van der Waals surface area contributed by atoms with Gasteiger partial charge in [-0.15, -0.1) is 0 Å². The van der Waals surface area contributed by atoms with Crippen LogP contribution in [0.2, 0.25) is 0 Å². The zero-order valence-electron chi connectivity index (χ0n) is 6.08.